The van der Waals surface area contributed by atoms with E-state index >= 15 is 0 Å². The first-order valence-corrected chi connectivity index (χ1v) is 7.45. The molecule has 0 bridgehead atoms. The molecule has 0 aliphatic carbocycles. The molecule has 0 aromatic heterocycles. The van der Waals surface area contributed by atoms with Crippen LogP contribution < -0.4 is 0 Å². The third-order valence-corrected chi connectivity index (χ3v) is 6.16. The minimum atomic E-state index is -4.02. The molecule has 0 radical (unpaired) electrons. The van der Waals surface area contributed by atoms with E-state index in [1.807, 2.05) is 0 Å². The van der Waals surface area contributed by atoms with Gasteiger partial charge in [-0.3, -0.25) is 0 Å². The van der Waals surface area contributed by atoms with E-state index in [9.17, 15) is 13.2 Å². The van der Waals surface area contributed by atoms with Gasteiger partial charge in [-0.15, -0.1) is 12.3 Å². The fourth-order valence-electron chi connectivity index (χ4n) is 1.98. The zero-order valence-corrected chi connectivity index (χ0v) is 9.88. The SMILES string of the molecule is C=C[SiH](CCC(F)(F)F)C1CCCOC1. The Hall–Kier alpha value is -0.293. The summed E-state index contributed by atoms with van der Waals surface area (Å²) in [6, 6.07) is 0.279. The van der Waals surface area contributed by atoms with E-state index in [-0.39, 0.29) is 6.04 Å². The van der Waals surface area contributed by atoms with Gasteiger partial charge in [0.25, 0.3) is 0 Å². The lowest BCUT2D eigenvalue weighted by Crippen LogP contribution is -2.27. The number of hydrogen-bond acceptors (Lipinski definition) is 1. The fourth-order valence-corrected chi connectivity index (χ4v) is 4.78. The van der Waals surface area contributed by atoms with Crippen LogP contribution >= 0.6 is 0 Å². The number of alkyl halides is 3. The van der Waals surface area contributed by atoms with Crippen molar-refractivity contribution >= 4 is 8.80 Å². The summed E-state index contributed by atoms with van der Waals surface area (Å²) in [5.41, 5.74) is 2.14. The van der Waals surface area contributed by atoms with Crippen molar-refractivity contribution < 1.29 is 17.9 Å². The maximum Gasteiger partial charge on any atom is 0.388 e. The maximum absolute atomic E-state index is 12.1. The van der Waals surface area contributed by atoms with Crippen LogP contribution in [0.15, 0.2) is 12.3 Å². The number of ether oxygens (including phenoxy) is 1. The lowest BCUT2D eigenvalue weighted by molar-refractivity contribution is -0.130. The molecule has 0 amide bonds. The molecular formula is C10H17F3OSi. The van der Waals surface area contributed by atoms with Crippen LogP contribution in [0.2, 0.25) is 11.6 Å². The van der Waals surface area contributed by atoms with Gasteiger partial charge in [0, 0.05) is 19.6 Å². The molecule has 1 heterocycles. The second-order valence-corrected chi connectivity index (χ2v) is 7.35. The van der Waals surface area contributed by atoms with Gasteiger partial charge in [0.1, 0.15) is 0 Å². The van der Waals surface area contributed by atoms with Crippen LogP contribution in [-0.4, -0.2) is 28.2 Å². The molecule has 1 nitrogen and oxygen atoms in total. The first-order valence-electron chi connectivity index (χ1n) is 5.30. The first-order chi connectivity index (χ1) is 7.03. The van der Waals surface area contributed by atoms with Gasteiger partial charge in [0.05, 0.1) is 8.80 Å². The Bertz CT molecular complexity index is 199. The van der Waals surface area contributed by atoms with Gasteiger partial charge in [-0.05, 0) is 24.4 Å². The molecule has 2 atom stereocenters. The summed E-state index contributed by atoms with van der Waals surface area (Å²) < 4.78 is 41.5. The van der Waals surface area contributed by atoms with E-state index < -0.39 is 21.4 Å². The summed E-state index contributed by atoms with van der Waals surface area (Å²) in [6.07, 6.45) is -2.69. The van der Waals surface area contributed by atoms with E-state index in [1.165, 1.54) is 0 Å². The molecular weight excluding hydrogens is 221 g/mol. The molecule has 15 heavy (non-hydrogen) atoms. The Morgan fingerprint density at radius 3 is 2.67 bits per heavy atom. The molecule has 1 rings (SSSR count). The highest BCUT2D eigenvalue weighted by atomic mass is 28.3. The zero-order valence-electron chi connectivity index (χ0n) is 8.72. The second-order valence-electron chi connectivity index (χ2n) is 4.03. The summed E-state index contributed by atoms with van der Waals surface area (Å²) in [5, 5.41) is 0. The summed E-state index contributed by atoms with van der Waals surface area (Å²) >= 11 is 0. The molecule has 88 valence electrons. The smallest absolute Gasteiger partial charge is 0.381 e. The lowest BCUT2D eigenvalue weighted by Gasteiger charge is -2.27. The average molecular weight is 238 g/mol. The Morgan fingerprint density at radius 2 is 2.20 bits per heavy atom. The highest BCUT2D eigenvalue weighted by Gasteiger charge is 2.31. The third-order valence-electron chi connectivity index (χ3n) is 2.86. The second kappa shape index (κ2) is 5.70. The zero-order chi connectivity index (χ0) is 11.3. The molecule has 5 heteroatoms. The van der Waals surface area contributed by atoms with E-state index in [4.69, 9.17) is 4.74 Å². The summed E-state index contributed by atoms with van der Waals surface area (Å²) in [4.78, 5) is 0. The predicted octanol–water partition coefficient (Wildman–Crippen LogP) is 3.07. The molecule has 2 unspecified atom stereocenters. The molecule has 0 N–H and O–H groups in total. The molecule has 0 aromatic rings. The fraction of sp³-hybridized carbons (Fsp3) is 0.800. The van der Waals surface area contributed by atoms with Crippen molar-refractivity contribution in [1.82, 2.24) is 0 Å². The maximum atomic E-state index is 12.1. The third kappa shape index (κ3) is 4.84. The van der Waals surface area contributed by atoms with Crippen LogP contribution in [0.25, 0.3) is 0 Å². The van der Waals surface area contributed by atoms with Crippen LogP contribution in [0.4, 0.5) is 13.2 Å². The highest BCUT2D eigenvalue weighted by molar-refractivity contribution is 6.65. The van der Waals surface area contributed by atoms with Gasteiger partial charge < -0.3 is 4.74 Å². The lowest BCUT2D eigenvalue weighted by atomic mass is 10.2. The number of hydrogen-bond donors (Lipinski definition) is 0. The average Bonchev–Trinajstić information content (AvgIpc) is 2.19. The van der Waals surface area contributed by atoms with Gasteiger partial charge in [0.2, 0.25) is 0 Å². The monoisotopic (exact) mass is 238 g/mol. The van der Waals surface area contributed by atoms with Crippen molar-refractivity contribution in [3.63, 3.8) is 0 Å². The predicted molar refractivity (Wildman–Crippen MR) is 56.6 cm³/mol. The Labute approximate surface area is 89.9 Å². The van der Waals surface area contributed by atoms with Crippen LogP contribution in [-0.2, 0) is 4.74 Å². The van der Waals surface area contributed by atoms with E-state index in [1.54, 1.807) is 5.70 Å². The van der Waals surface area contributed by atoms with Crippen molar-refractivity contribution in [2.75, 3.05) is 13.2 Å². The Morgan fingerprint density at radius 1 is 1.47 bits per heavy atom. The van der Waals surface area contributed by atoms with Crippen molar-refractivity contribution in [2.24, 2.45) is 0 Å². The Kier molecular flexibility index (Phi) is 4.85. The van der Waals surface area contributed by atoms with E-state index in [2.05, 4.69) is 6.58 Å². The minimum Gasteiger partial charge on any atom is -0.381 e. The summed E-state index contributed by atoms with van der Waals surface area (Å²) in [6.45, 7) is 5.07. The Balaban J connectivity index is 2.37. The molecule has 1 aliphatic rings. The van der Waals surface area contributed by atoms with Crippen LogP contribution in [0.1, 0.15) is 19.3 Å². The number of halogens is 3. The van der Waals surface area contributed by atoms with Gasteiger partial charge in [-0.2, -0.15) is 13.2 Å². The standard InChI is InChI=1S/C10H17F3OSi/c1-2-15(7-5-10(11,12)13)9-4-3-6-14-8-9/h2,9,15H,1,3-8H2. The topological polar surface area (TPSA) is 9.23 Å². The molecule has 0 spiro atoms. The van der Waals surface area contributed by atoms with Crippen molar-refractivity contribution in [3.8, 4) is 0 Å². The van der Waals surface area contributed by atoms with Crippen molar-refractivity contribution in [2.45, 2.75) is 37.0 Å². The van der Waals surface area contributed by atoms with Crippen molar-refractivity contribution in [1.29, 1.82) is 0 Å². The highest BCUT2D eigenvalue weighted by Crippen LogP contribution is 2.30. The molecule has 0 saturated carbocycles. The van der Waals surface area contributed by atoms with E-state index in [0.717, 1.165) is 19.4 Å². The molecule has 0 aromatic carbocycles. The first kappa shape index (κ1) is 12.8. The minimum absolute atomic E-state index is 0.279. The summed E-state index contributed by atoms with van der Waals surface area (Å²) in [7, 11) is -1.48. The quantitative estimate of drug-likeness (QED) is 0.684. The van der Waals surface area contributed by atoms with E-state index in [0.29, 0.717) is 12.1 Å². The number of rotatable bonds is 4. The van der Waals surface area contributed by atoms with Gasteiger partial charge >= 0.3 is 6.18 Å². The molecule has 1 aliphatic heterocycles. The van der Waals surface area contributed by atoms with Crippen LogP contribution in [0, 0.1) is 0 Å². The molecule has 1 saturated heterocycles. The van der Waals surface area contributed by atoms with Gasteiger partial charge in [-0.1, -0.05) is 0 Å². The largest absolute Gasteiger partial charge is 0.388 e. The van der Waals surface area contributed by atoms with Gasteiger partial charge in [-0.25, -0.2) is 0 Å². The summed E-state index contributed by atoms with van der Waals surface area (Å²) in [5.74, 6) is 0. The van der Waals surface area contributed by atoms with Crippen LogP contribution in [0.5, 0.6) is 0 Å². The van der Waals surface area contributed by atoms with Gasteiger partial charge in [0.15, 0.2) is 0 Å². The van der Waals surface area contributed by atoms with Crippen molar-refractivity contribution in [3.05, 3.63) is 12.3 Å². The van der Waals surface area contributed by atoms with Crippen LogP contribution in [0.3, 0.4) is 0 Å². The normalized spacial score (nSPS) is 24.9. The molecule has 1 fully saturated rings.